The van der Waals surface area contributed by atoms with E-state index in [9.17, 15) is 9.59 Å². The summed E-state index contributed by atoms with van der Waals surface area (Å²) in [6, 6.07) is 10.6. The second-order valence-corrected chi connectivity index (χ2v) is 7.81. The van der Waals surface area contributed by atoms with Crippen LogP contribution in [0.25, 0.3) is 0 Å². The molecule has 1 spiro atoms. The maximum atomic E-state index is 13.8. The van der Waals surface area contributed by atoms with E-state index in [-0.39, 0.29) is 11.8 Å². The van der Waals surface area contributed by atoms with E-state index >= 15 is 0 Å². The van der Waals surface area contributed by atoms with Gasteiger partial charge in [0.1, 0.15) is 22.8 Å². The molecular weight excluding hydrogens is 394 g/mol. The van der Waals surface area contributed by atoms with E-state index in [0.29, 0.717) is 36.8 Å². The van der Waals surface area contributed by atoms with Crippen molar-refractivity contribution in [3.05, 3.63) is 71.9 Å². The highest BCUT2D eigenvalue weighted by Crippen LogP contribution is 2.54. The van der Waals surface area contributed by atoms with Crippen molar-refractivity contribution in [3.8, 4) is 5.88 Å². The van der Waals surface area contributed by atoms with E-state index in [0.717, 1.165) is 11.3 Å². The molecule has 0 saturated carbocycles. The minimum atomic E-state index is -0.903. The number of fused-ring (bicyclic) bond motifs is 2. The molecule has 2 atom stereocenters. The highest BCUT2D eigenvalue weighted by molar-refractivity contribution is 6.08. The van der Waals surface area contributed by atoms with Gasteiger partial charge < -0.3 is 19.5 Å². The Morgan fingerprint density at radius 3 is 2.84 bits per heavy atom. The van der Waals surface area contributed by atoms with E-state index in [1.165, 1.54) is 0 Å². The first-order valence-electron chi connectivity index (χ1n) is 10.3. The van der Waals surface area contributed by atoms with Crippen LogP contribution < -0.4 is 10.1 Å². The van der Waals surface area contributed by atoms with Crippen LogP contribution in [-0.4, -0.2) is 44.4 Å². The molecule has 2 aromatic heterocycles. The second kappa shape index (κ2) is 7.23. The lowest BCUT2D eigenvalue weighted by molar-refractivity contribution is -0.121. The highest BCUT2D eigenvalue weighted by atomic mass is 16.5. The van der Waals surface area contributed by atoms with Crippen molar-refractivity contribution >= 4 is 17.5 Å². The third-order valence-corrected chi connectivity index (χ3v) is 6.23. The average molecular weight is 417 g/mol. The number of amides is 2. The molecule has 8 nitrogen and oxygen atoms in total. The molecule has 1 saturated heterocycles. The number of ether oxygens (including phenoxy) is 1. The minimum absolute atomic E-state index is 0.104. The molecule has 1 N–H and O–H groups in total. The first-order chi connectivity index (χ1) is 15.1. The number of hydrogen-bond donors (Lipinski definition) is 1. The molecule has 0 unspecified atom stereocenters. The van der Waals surface area contributed by atoms with Gasteiger partial charge in [-0.25, -0.2) is 9.97 Å². The monoisotopic (exact) mass is 417 g/mol. The van der Waals surface area contributed by atoms with Crippen LogP contribution in [0.15, 0.2) is 55.0 Å². The van der Waals surface area contributed by atoms with E-state index < -0.39 is 11.5 Å². The molecule has 2 amide bonds. The molecule has 0 aliphatic carbocycles. The maximum absolute atomic E-state index is 13.8. The summed E-state index contributed by atoms with van der Waals surface area (Å²) in [5, 5.41) is 3.02. The smallest absolute Gasteiger partial charge is 0.260 e. The summed E-state index contributed by atoms with van der Waals surface area (Å²) in [5.74, 6) is 0.636. The topological polar surface area (TPSA) is 89.3 Å². The molecule has 5 rings (SSSR count). The van der Waals surface area contributed by atoms with Crippen LogP contribution in [0.1, 0.15) is 41.1 Å². The van der Waals surface area contributed by atoms with Crippen LogP contribution in [-0.2, 0) is 17.3 Å². The molecule has 1 fully saturated rings. The lowest BCUT2D eigenvalue weighted by atomic mass is 9.74. The number of carbonyl (C=O) groups is 2. The number of hydrogen-bond acceptors (Lipinski definition) is 5. The van der Waals surface area contributed by atoms with Gasteiger partial charge in [0.2, 0.25) is 11.8 Å². The fraction of sp³-hybridized carbons (Fsp3) is 0.304. The number of nitrogens with zero attached hydrogens (tertiary/aromatic N) is 4. The summed E-state index contributed by atoms with van der Waals surface area (Å²) in [7, 11) is 1.88. The van der Waals surface area contributed by atoms with Gasteiger partial charge in [-0.1, -0.05) is 18.2 Å². The number of benzene rings is 1. The molecular formula is C23H23N5O3. The highest BCUT2D eigenvalue weighted by Gasteiger charge is 2.60. The third-order valence-electron chi connectivity index (χ3n) is 6.23. The van der Waals surface area contributed by atoms with E-state index in [1.54, 1.807) is 29.4 Å². The number of carbonyl (C=O) groups excluding carboxylic acids is 2. The van der Waals surface area contributed by atoms with Crippen molar-refractivity contribution in [2.75, 3.05) is 18.5 Å². The largest absolute Gasteiger partial charge is 0.477 e. The number of aromatic nitrogens is 3. The fourth-order valence-corrected chi connectivity index (χ4v) is 4.86. The van der Waals surface area contributed by atoms with Crippen molar-refractivity contribution in [1.82, 2.24) is 19.4 Å². The molecule has 158 valence electrons. The lowest BCUT2D eigenvalue weighted by Gasteiger charge is -2.33. The van der Waals surface area contributed by atoms with Crippen LogP contribution in [0, 0.1) is 0 Å². The lowest BCUT2D eigenvalue weighted by Crippen LogP contribution is -2.43. The van der Waals surface area contributed by atoms with Gasteiger partial charge >= 0.3 is 0 Å². The number of para-hydroxylation sites is 1. The summed E-state index contributed by atoms with van der Waals surface area (Å²) in [6.07, 6.45) is 5.63. The van der Waals surface area contributed by atoms with Crippen molar-refractivity contribution < 1.29 is 14.3 Å². The number of imidazole rings is 1. The first kappa shape index (κ1) is 19.3. The zero-order chi connectivity index (χ0) is 21.6. The van der Waals surface area contributed by atoms with Crippen molar-refractivity contribution in [3.63, 3.8) is 0 Å². The van der Waals surface area contributed by atoms with Crippen LogP contribution in [0.3, 0.4) is 0 Å². The van der Waals surface area contributed by atoms with E-state index in [4.69, 9.17) is 4.74 Å². The maximum Gasteiger partial charge on any atom is 0.260 e. The Bertz CT molecular complexity index is 1170. The Hall–Kier alpha value is -3.68. The SMILES string of the molecule is CCOc1ncccc1C(=O)N1CC[C@]2(C(=O)Nc3ccccc32)[C@@H]1c1nccn1C. The summed E-state index contributed by atoms with van der Waals surface area (Å²) in [4.78, 5) is 37.7. The molecule has 3 aromatic rings. The predicted octanol–water partition coefficient (Wildman–Crippen LogP) is 2.69. The Labute approximate surface area is 179 Å². The summed E-state index contributed by atoms with van der Waals surface area (Å²) >= 11 is 0. The van der Waals surface area contributed by atoms with E-state index in [1.807, 2.05) is 49.0 Å². The standard InChI is InChI=1S/C23H23N5O3/c1-3-31-20-15(7-6-11-25-20)21(29)28-13-10-23(18(28)19-24-12-14-27(19)2)16-8-4-5-9-17(16)26-22(23)30/h4-9,11-12,14,18H,3,10,13H2,1-2H3,(H,26,30)/t18-,23+/m0/s1. The number of aryl methyl sites for hydroxylation is 1. The van der Waals surface area contributed by atoms with Gasteiger partial charge in [0.05, 0.1) is 6.61 Å². The van der Waals surface area contributed by atoms with Gasteiger partial charge in [0.15, 0.2) is 0 Å². The van der Waals surface area contributed by atoms with E-state index in [2.05, 4.69) is 15.3 Å². The molecule has 31 heavy (non-hydrogen) atoms. The zero-order valence-electron chi connectivity index (χ0n) is 17.4. The Morgan fingerprint density at radius 2 is 2.06 bits per heavy atom. The molecule has 4 heterocycles. The summed E-state index contributed by atoms with van der Waals surface area (Å²) < 4.78 is 7.48. The third kappa shape index (κ3) is 2.74. The average Bonchev–Trinajstić information content (AvgIpc) is 3.45. The van der Waals surface area contributed by atoms with Gasteiger partial charge in [0.25, 0.3) is 5.91 Å². The van der Waals surface area contributed by atoms with Crippen LogP contribution in [0.2, 0.25) is 0 Å². The van der Waals surface area contributed by atoms with Crippen molar-refractivity contribution in [1.29, 1.82) is 0 Å². The summed E-state index contributed by atoms with van der Waals surface area (Å²) in [5.41, 5.74) is 1.17. The minimum Gasteiger partial charge on any atom is -0.477 e. The second-order valence-electron chi connectivity index (χ2n) is 7.81. The molecule has 8 heteroatoms. The summed E-state index contributed by atoms with van der Waals surface area (Å²) in [6.45, 7) is 2.67. The Kier molecular flexibility index (Phi) is 4.50. The van der Waals surface area contributed by atoms with Crippen molar-refractivity contribution in [2.45, 2.75) is 24.8 Å². The number of anilines is 1. The number of rotatable bonds is 4. The number of pyridine rings is 1. The predicted molar refractivity (Wildman–Crippen MR) is 114 cm³/mol. The van der Waals surface area contributed by atoms with Gasteiger partial charge in [-0.3, -0.25) is 9.59 Å². The van der Waals surface area contributed by atoms with Crippen LogP contribution in [0.4, 0.5) is 5.69 Å². The quantitative estimate of drug-likeness (QED) is 0.705. The van der Waals surface area contributed by atoms with Gasteiger partial charge in [-0.15, -0.1) is 0 Å². The van der Waals surface area contributed by atoms with Crippen LogP contribution in [0.5, 0.6) is 5.88 Å². The van der Waals surface area contributed by atoms with Crippen molar-refractivity contribution in [2.24, 2.45) is 7.05 Å². The molecule has 0 bridgehead atoms. The van der Waals surface area contributed by atoms with Gasteiger partial charge in [-0.05, 0) is 37.1 Å². The van der Waals surface area contributed by atoms with Crippen LogP contribution >= 0.6 is 0 Å². The Balaban J connectivity index is 1.66. The molecule has 2 aliphatic heterocycles. The fourth-order valence-electron chi connectivity index (χ4n) is 4.86. The van der Waals surface area contributed by atoms with Gasteiger partial charge in [-0.2, -0.15) is 0 Å². The molecule has 1 aromatic carbocycles. The van der Waals surface area contributed by atoms with Gasteiger partial charge in [0, 0.05) is 37.9 Å². The molecule has 0 radical (unpaired) electrons. The molecule has 2 aliphatic rings. The number of likely N-dealkylation sites (tertiary alicyclic amines) is 1. The number of nitrogens with one attached hydrogen (secondary N) is 1. The Morgan fingerprint density at radius 1 is 1.23 bits per heavy atom. The zero-order valence-corrected chi connectivity index (χ0v) is 17.4. The first-order valence-corrected chi connectivity index (χ1v) is 10.3. The normalized spacial score (nSPS) is 21.9.